The molecule has 0 aliphatic carbocycles. The first kappa shape index (κ1) is 55.3. The number of carbonyl (C=O) groups excluding carboxylic acids is 3. The Labute approximate surface area is 362 Å². The van der Waals surface area contributed by atoms with Crippen molar-refractivity contribution in [2.75, 3.05) is 13.2 Å². The third kappa shape index (κ3) is 45.3. The molecule has 0 aromatic carbocycles. The summed E-state index contributed by atoms with van der Waals surface area (Å²) >= 11 is 0. The molecule has 0 heterocycles. The van der Waals surface area contributed by atoms with Gasteiger partial charge in [0.1, 0.15) is 13.2 Å². The number of unbranched alkanes of at least 4 members (excludes halogenated alkanes) is 16. The zero-order chi connectivity index (χ0) is 43.0. The monoisotopic (exact) mass is 819 g/mol. The molecule has 0 aromatic rings. The van der Waals surface area contributed by atoms with E-state index in [1.807, 2.05) is 6.08 Å². The van der Waals surface area contributed by atoms with Crippen molar-refractivity contribution in [1.82, 2.24) is 0 Å². The van der Waals surface area contributed by atoms with Gasteiger partial charge in [0.25, 0.3) is 0 Å². The summed E-state index contributed by atoms with van der Waals surface area (Å²) in [7, 11) is 0. The van der Waals surface area contributed by atoms with Crippen molar-refractivity contribution >= 4 is 17.9 Å². The Morgan fingerprint density at radius 2 is 0.763 bits per heavy atom. The lowest BCUT2D eigenvalue weighted by atomic mass is 10.1. The third-order valence-electron chi connectivity index (χ3n) is 9.61. The highest BCUT2D eigenvalue weighted by atomic mass is 16.6. The van der Waals surface area contributed by atoms with E-state index in [9.17, 15) is 14.4 Å². The van der Waals surface area contributed by atoms with E-state index in [0.717, 1.165) is 103 Å². The number of allylic oxidation sites excluding steroid dienone is 16. The fourth-order valence-electron chi connectivity index (χ4n) is 6.08. The maximum Gasteiger partial charge on any atom is 0.306 e. The van der Waals surface area contributed by atoms with Crippen LogP contribution >= 0.6 is 0 Å². The standard InChI is InChI=1S/C53H86O6/c1-4-7-10-13-16-19-22-24-25-26-27-29-31-34-37-40-43-46-52(55)58-49-50(48-57-51(54)45-42-39-36-33-30-21-18-15-12-9-6-3)59-53(56)47-44-41-38-35-32-28-23-20-17-14-11-8-5-2/h8-9,11-12,14,16-21,23-25,33,36,50H,4-7,10,13,15,22,26-32,34-35,37-49H2,1-3H3/b11-8-,12-9-,17-14-,19-16-,21-18-,23-20-,25-24-,36-33-. The lowest BCUT2D eigenvalue weighted by Gasteiger charge is -2.18. The fourth-order valence-corrected chi connectivity index (χ4v) is 6.08. The quantitative estimate of drug-likeness (QED) is 0.0201. The average Bonchev–Trinajstić information content (AvgIpc) is 3.23. The predicted octanol–water partition coefficient (Wildman–Crippen LogP) is 15.4. The summed E-state index contributed by atoms with van der Waals surface area (Å²) < 4.78 is 16.7. The predicted molar refractivity (Wildman–Crippen MR) is 251 cm³/mol. The minimum absolute atomic E-state index is 0.108. The Kier molecular flexibility index (Phi) is 44.1. The van der Waals surface area contributed by atoms with Crippen LogP contribution in [0.4, 0.5) is 0 Å². The average molecular weight is 819 g/mol. The Hall–Kier alpha value is -3.67. The van der Waals surface area contributed by atoms with Crippen LogP contribution in [0.5, 0.6) is 0 Å². The highest BCUT2D eigenvalue weighted by molar-refractivity contribution is 5.71. The maximum atomic E-state index is 12.7. The lowest BCUT2D eigenvalue weighted by Crippen LogP contribution is -2.30. The summed E-state index contributed by atoms with van der Waals surface area (Å²) in [4.78, 5) is 37.8. The van der Waals surface area contributed by atoms with Crippen LogP contribution in [0.15, 0.2) is 97.2 Å². The Morgan fingerprint density at radius 1 is 0.373 bits per heavy atom. The molecular formula is C53H86O6. The van der Waals surface area contributed by atoms with E-state index in [0.29, 0.717) is 19.3 Å². The van der Waals surface area contributed by atoms with Crippen LogP contribution in [0.3, 0.4) is 0 Å². The molecule has 1 atom stereocenters. The number of hydrogen-bond acceptors (Lipinski definition) is 6. The van der Waals surface area contributed by atoms with Crippen molar-refractivity contribution in [3.63, 3.8) is 0 Å². The van der Waals surface area contributed by atoms with Crippen LogP contribution < -0.4 is 0 Å². The third-order valence-corrected chi connectivity index (χ3v) is 9.61. The molecule has 0 aliphatic rings. The molecule has 0 radical (unpaired) electrons. The molecule has 1 unspecified atom stereocenters. The summed E-state index contributed by atoms with van der Waals surface area (Å²) in [5, 5.41) is 0. The van der Waals surface area contributed by atoms with E-state index in [1.54, 1.807) is 0 Å². The maximum absolute atomic E-state index is 12.7. The lowest BCUT2D eigenvalue weighted by molar-refractivity contribution is -0.167. The highest BCUT2D eigenvalue weighted by Crippen LogP contribution is 2.13. The van der Waals surface area contributed by atoms with Gasteiger partial charge in [0.2, 0.25) is 0 Å². The topological polar surface area (TPSA) is 78.9 Å². The molecule has 0 bridgehead atoms. The van der Waals surface area contributed by atoms with E-state index >= 15 is 0 Å². The second-order valence-electron chi connectivity index (χ2n) is 15.3. The van der Waals surface area contributed by atoms with E-state index in [2.05, 4.69) is 112 Å². The Morgan fingerprint density at radius 3 is 1.29 bits per heavy atom. The SMILES string of the molecule is CC\C=C/C=C\C=C/CCCCCCCC(=O)OC(COC(=O)CCC/C=C\C/C=C\C/C=C\CC)COC(=O)CCCCCCCCC/C=C\C/C=C\CCCCC. The first-order valence-corrected chi connectivity index (χ1v) is 23.8. The summed E-state index contributed by atoms with van der Waals surface area (Å²) in [6.07, 6.45) is 61.1. The zero-order valence-electron chi connectivity index (χ0n) is 38.0. The Balaban J connectivity index is 4.46. The van der Waals surface area contributed by atoms with Gasteiger partial charge in [0, 0.05) is 19.3 Å². The van der Waals surface area contributed by atoms with Gasteiger partial charge in [-0.1, -0.05) is 182 Å². The molecule has 0 rings (SSSR count). The van der Waals surface area contributed by atoms with Crippen molar-refractivity contribution in [2.24, 2.45) is 0 Å². The van der Waals surface area contributed by atoms with Crippen molar-refractivity contribution in [2.45, 2.75) is 207 Å². The van der Waals surface area contributed by atoms with Gasteiger partial charge in [0.05, 0.1) is 0 Å². The molecule has 0 saturated heterocycles. The minimum atomic E-state index is -0.811. The summed E-state index contributed by atoms with van der Waals surface area (Å²) in [5.74, 6) is -1.00. The van der Waals surface area contributed by atoms with Gasteiger partial charge in [-0.3, -0.25) is 14.4 Å². The van der Waals surface area contributed by atoms with Gasteiger partial charge in [-0.05, 0) is 96.3 Å². The number of esters is 3. The van der Waals surface area contributed by atoms with Gasteiger partial charge in [0.15, 0.2) is 6.10 Å². The van der Waals surface area contributed by atoms with Crippen molar-refractivity contribution in [3.8, 4) is 0 Å². The zero-order valence-corrected chi connectivity index (χ0v) is 38.0. The number of hydrogen-bond donors (Lipinski definition) is 0. The number of rotatable bonds is 41. The molecule has 6 nitrogen and oxygen atoms in total. The van der Waals surface area contributed by atoms with E-state index in [1.165, 1.54) is 51.4 Å². The molecule has 59 heavy (non-hydrogen) atoms. The van der Waals surface area contributed by atoms with E-state index < -0.39 is 6.10 Å². The van der Waals surface area contributed by atoms with Crippen LogP contribution in [0.25, 0.3) is 0 Å². The van der Waals surface area contributed by atoms with Gasteiger partial charge in [-0.15, -0.1) is 0 Å². The van der Waals surface area contributed by atoms with Crippen molar-refractivity contribution < 1.29 is 28.6 Å². The molecule has 0 N–H and O–H groups in total. The summed E-state index contributed by atoms with van der Waals surface area (Å²) in [6, 6.07) is 0. The molecule has 0 aromatic heterocycles. The first-order chi connectivity index (χ1) is 29.0. The summed E-state index contributed by atoms with van der Waals surface area (Å²) in [6.45, 7) is 6.27. The van der Waals surface area contributed by atoms with E-state index in [-0.39, 0.29) is 37.5 Å². The molecule has 334 valence electrons. The second-order valence-corrected chi connectivity index (χ2v) is 15.3. The van der Waals surface area contributed by atoms with Crippen LogP contribution in [0.1, 0.15) is 201 Å². The molecule has 0 saturated carbocycles. The van der Waals surface area contributed by atoms with Crippen molar-refractivity contribution in [3.05, 3.63) is 97.2 Å². The molecule has 0 spiro atoms. The normalized spacial score (nSPS) is 12.9. The van der Waals surface area contributed by atoms with Crippen LogP contribution in [0, 0.1) is 0 Å². The first-order valence-electron chi connectivity index (χ1n) is 23.8. The van der Waals surface area contributed by atoms with Crippen molar-refractivity contribution in [1.29, 1.82) is 0 Å². The van der Waals surface area contributed by atoms with Gasteiger partial charge >= 0.3 is 17.9 Å². The Bertz CT molecular complexity index is 1220. The molecular weight excluding hydrogens is 733 g/mol. The fraction of sp³-hybridized carbons (Fsp3) is 0.642. The van der Waals surface area contributed by atoms with E-state index in [4.69, 9.17) is 14.2 Å². The summed E-state index contributed by atoms with van der Waals surface area (Å²) in [5.41, 5.74) is 0. The second kappa shape index (κ2) is 47.0. The molecule has 0 aliphatic heterocycles. The number of ether oxygens (including phenoxy) is 3. The van der Waals surface area contributed by atoms with Gasteiger partial charge < -0.3 is 14.2 Å². The largest absolute Gasteiger partial charge is 0.462 e. The number of carbonyl (C=O) groups is 3. The highest BCUT2D eigenvalue weighted by Gasteiger charge is 2.19. The minimum Gasteiger partial charge on any atom is -0.462 e. The van der Waals surface area contributed by atoms with Gasteiger partial charge in [-0.2, -0.15) is 0 Å². The van der Waals surface area contributed by atoms with Crippen LogP contribution in [-0.4, -0.2) is 37.2 Å². The van der Waals surface area contributed by atoms with Gasteiger partial charge in [-0.25, -0.2) is 0 Å². The van der Waals surface area contributed by atoms with Crippen LogP contribution in [-0.2, 0) is 28.6 Å². The molecule has 0 fully saturated rings. The van der Waals surface area contributed by atoms with Crippen LogP contribution in [0.2, 0.25) is 0 Å². The smallest absolute Gasteiger partial charge is 0.306 e. The molecule has 0 amide bonds. The molecule has 6 heteroatoms.